The average molecular weight is 440 g/mol. The number of carbonyl (C=O) groups excluding carboxylic acids is 2. The molecule has 0 unspecified atom stereocenters. The molecule has 3 amide bonds. The number of ether oxygens (including phenoxy) is 3. The van der Waals surface area contributed by atoms with Crippen molar-refractivity contribution in [2.24, 2.45) is 0 Å². The lowest BCUT2D eigenvalue weighted by Gasteiger charge is -2.17. The number of urea groups is 1. The predicted molar refractivity (Wildman–Crippen MR) is 106 cm³/mol. The van der Waals surface area contributed by atoms with Gasteiger partial charge < -0.3 is 19.5 Å². The first-order valence-corrected chi connectivity index (χ1v) is 9.39. The Morgan fingerprint density at radius 2 is 1.77 bits per heavy atom. The number of imide groups is 1. The number of hydrogen-bond donors (Lipinski definition) is 2. The minimum atomic E-state index is -4.86. The number of nitrogens with one attached hydrogen (secondary N) is 2. The summed E-state index contributed by atoms with van der Waals surface area (Å²) in [5, 5.41) is 4.21. The highest BCUT2D eigenvalue weighted by Crippen LogP contribution is 2.39. The van der Waals surface area contributed by atoms with E-state index in [0.717, 1.165) is 11.6 Å². The SMILES string of the molecule is CCOCCNC(=O)NC(=O)c1cc(OCc2ccccc2)c(OC)cc1C(F)(F)F. The summed E-state index contributed by atoms with van der Waals surface area (Å²) in [5.74, 6) is -1.49. The lowest BCUT2D eigenvalue weighted by Crippen LogP contribution is -2.41. The number of rotatable bonds is 9. The fraction of sp³-hybridized carbons (Fsp3) is 0.333. The Morgan fingerprint density at radius 1 is 1.06 bits per heavy atom. The lowest BCUT2D eigenvalue weighted by atomic mass is 10.0. The largest absolute Gasteiger partial charge is 0.493 e. The van der Waals surface area contributed by atoms with Gasteiger partial charge in [-0.1, -0.05) is 30.3 Å². The Morgan fingerprint density at radius 3 is 2.39 bits per heavy atom. The molecule has 0 aliphatic heterocycles. The highest BCUT2D eigenvalue weighted by Gasteiger charge is 2.37. The summed E-state index contributed by atoms with van der Waals surface area (Å²) < 4.78 is 56.2. The zero-order chi connectivity index (χ0) is 22.9. The molecule has 0 aliphatic rings. The molecule has 0 fully saturated rings. The molecule has 0 radical (unpaired) electrons. The maximum atomic E-state index is 13.5. The topological polar surface area (TPSA) is 85.9 Å². The maximum absolute atomic E-state index is 13.5. The van der Waals surface area contributed by atoms with Crippen LogP contribution in [0, 0.1) is 0 Å². The van der Waals surface area contributed by atoms with Gasteiger partial charge in [-0.2, -0.15) is 13.2 Å². The molecule has 0 aliphatic carbocycles. The summed E-state index contributed by atoms with van der Waals surface area (Å²) in [5.41, 5.74) is -1.25. The van der Waals surface area contributed by atoms with Gasteiger partial charge in [0.15, 0.2) is 11.5 Å². The van der Waals surface area contributed by atoms with Crippen LogP contribution in [0.25, 0.3) is 0 Å². The van der Waals surface area contributed by atoms with Crippen LogP contribution in [0.15, 0.2) is 42.5 Å². The van der Waals surface area contributed by atoms with E-state index >= 15 is 0 Å². The highest BCUT2D eigenvalue weighted by molar-refractivity contribution is 6.05. The van der Waals surface area contributed by atoms with Crippen LogP contribution < -0.4 is 20.1 Å². The van der Waals surface area contributed by atoms with Crippen molar-refractivity contribution in [1.29, 1.82) is 0 Å². The number of hydrogen-bond acceptors (Lipinski definition) is 5. The summed E-state index contributed by atoms with van der Waals surface area (Å²) in [6.45, 7) is 2.54. The van der Waals surface area contributed by atoms with Crippen molar-refractivity contribution >= 4 is 11.9 Å². The van der Waals surface area contributed by atoms with Gasteiger partial charge in [-0.3, -0.25) is 10.1 Å². The molecular weight excluding hydrogens is 417 g/mol. The smallest absolute Gasteiger partial charge is 0.417 e. The van der Waals surface area contributed by atoms with Crippen molar-refractivity contribution in [2.45, 2.75) is 19.7 Å². The Labute approximate surface area is 177 Å². The highest BCUT2D eigenvalue weighted by atomic mass is 19.4. The van der Waals surface area contributed by atoms with Crippen LogP contribution in [0.4, 0.5) is 18.0 Å². The molecule has 0 saturated heterocycles. The standard InChI is InChI=1S/C21H23F3N2O5/c1-3-30-10-9-25-20(28)26-19(27)15-11-18(31-13-14-7-5-4-6-8-14)17(29-2)12-16(15)21(22,23)24/h4-8,11-12H,3,9-10,13H2,1-2H3,(H2,25,26,27,28). The van der Waals surface area contributed by atoms with E-state index in [9.17, 15) is 22.8 Å². The van der Waals surface area contributed by atoms with Crippen LogP contribution in [0.2, 0.25) is 0 Å². The molecule has 7 nitrogen and oxygen atoms in total. The molecule has 0 atom stereocenters. The quantitative estimate of drug-likeness (QED) is 0.580. The fourth-order valence-corrected chi connectivity index (χ4v) is 2.59. The van der Waals surface area contributed by atoms with Crippen LogP contribution in [0.1, 0.15) is 28.4 Å². The van der Waals surface area contributed by atoms with Crippen molar-refractivity contribution in [3.63, 3.8) is 0 Å². The number of halogens is 3. The lowest BCUT2D eigenvalue weighted by molar-refractivity contribution is -0.138. The van der Waals surface area contributed by atoms with Crippen LogP contribution in [0.3, 0.4) is 0 Å². The van der Waals surface area contributed by atoms with E-state index in [0.29, 0.717) is 12.7 Å². The Kier molecular flexibility index (Phi) is 8.68. The predicted octanol–water partition coefficient (Wildman–Crippen LogP) is 3.77. The van der Waals surface area contributed by atoms with Gasteiger partial charge in [0.2, 0.25) is 0 Å². The minimum Gasteiger partial charge on any atom is -0.493 e. The molecule has 0 spiro atoms. The third-order valence-electron chi connectivity index (χ3n) is 4.05. The first-order chi connectivity index (χ1) is 14.8. The average Bonchev–Trinajstić information content (AvgIpc) is 2.74. The molecule has 2 rings (SSSR count). The monoisotopic (exact) mass is 440 g/mol. The Hall–Kier alpha value is -3.27. The van der Waals surface area contributed by atoms with Crippen molar-refractivity contribution in [3.8, 4) is 11.5 Å². The molecule has 0 bridgehead atoms. The van der Waals surface area contributed by atoms with Gasteiger partial charge in [-0.05, 0) is 24.6 Å². The summed E-state index contributed by atoms with van der Waals surface area (Å²) in [6, 6.07) is 9.56. The van der Waals surface area contributed by atoms with Crippen LogP contribution in [0.5, 0.6) is 11.5 Å². The van der Waals surface area contributed by atoms with Crippen LogP contribution in [-0.4, -0.2) is 38.8 Å². The van der Waals surface area contributed by atoms with Crippen molar-refractivity contribution in [1.82, 2.24) is 10.6 Å². The summed E-state index contributed by atoms with van der Waals surface area (Å²) in [7, 11) is 1.19. The van der Waals surface area contributed by atoms with Crippen molar-refractivity contribution in [3.05, 3.63) is 59.2 Å². The molecule has 2 N–H and O–H groups in total. The molecule has 2 aromatic rings. The second-order valence-corrected chi connectivity index (χ2v) is 6.23. The van der Waals surface area contributed by atoms with Gasteiger partial charge >= 0.3 is 12.2 Å². The second kappa shape index (κ2) is 11.2. The van der Waals surface area contributed by atoms with Gasteiger partial charge in [-0.15, -0.1) is 0 Å². The first-order valence-electron chi connectivity index (χ1n) is 9.39. The van der Waals surface area contributed by atoms with E-state index in [4.69, 9.17) is 14.2 Å². The van der Waals surface area contributed by atoms with E-state index in [1.54, 1.807) is 31.2 Å². The normalized spacial score (nSPS) is 11.0. The van der Waals surface area contributed by atoms with E-state index in [-0.39, 0.29) is 31.3 Å². The second-order valence-electron chi connectivity index (χ2n) is 6.23. The third-order valence-corrected chi connectivity index (χ3v) is 4.05. The molecule has 0 heterocycles. The number of alkyl halides is 3. The zero-order valence-corrected chi connectivity index (χ0v) is 17.0. The van der Waals surface area contributed by atoms with E-state index in [1.807, 2.05) is 11.4 Å². The van der Waals surface area contributed by atoms with Gasteiger partial charge in [-0.25, -0.2) is 4.79 Å². The minimum absolute atomic E-state index is 0.0432. The van der Waals surface area contributed by atoms with Crippen LogP contribution in [-0.2, 0) is 17.5 Å². The Bertz CT molecular complexity index is 889. The first kappa shape index (κ1) is 24.0. The van der Waals surface area contributed by atoms with Crippen LogP contribution >= 0.6 is 0 Å². The molecular formula is C21H23F3N2O5. The van der Waals surface area contributed by atoms with E-state index in [1.165, 1.54) is 7.11 Å². The van der Waals surface area contributed by atoms with Gasteiger partial charge in [0.05, 0.1) is 24.8 Å². The van der Waals surface area contributed by atoms with Gasteiger partial charge in [0.25, 0.3) is 5.91 Å². The van der Waals surface area contributed by atoms with Gasteiger partial charge in [0.1, 0.15) is 6.61 Å². The molecule has 168 valence electrons. The van der Waals surface area contributed by atoms with Gasteiger partial charge in [0, 0.05) is 13.2 Å². The summed E-state index contributed by atoms with van der Waals surface area (Å²) >= 11 is 0. The molecule has 0 aromatic heterocycles. The molecule has 10 heteroatoms. The molecule has 0 saturated carbocycles. The number of amides is 3. The zero-order valence-electron chi connectivity index (χ0n) is 17.0. The Balaban J connectivity index is 2.25. The third kappa shape index (κ3) is 7.18. The summed E-state index contributed by atoms with van der Waals surface area (Å²) in [4.78, 5) is 24.3. The fourth-order valence-electron chi connectivity index (χ4n) is 2.59. The maximum Gasteiger partial charge on any atom is 0.417 e. The molecule has 31 heavy (non-hydrogen) atoms. The van der Waals surface area contributed by atoms with Crippen molar-refractivity contribution in [2.75, 3.05) is 26.9 Å². The number of benzene rings is 2. The van der Waals surface area contributed by atoms with Crippen molar-refractivity contribution < 1.29 is 37.0 Å². The number of carbonyl (C=O) groups is 2. The summed E-state index contributed by atoms with van der Waals surface area (Å²) in [6.07, 6.45) is -4.86. The van der Waals surface area contributed by atoms with E-state index < -0.39 is 29.2 Å². The number of methoxy groups -OCH3 is 1. The molecule has 2 aromatic carbocycles. The van der Waals surface area contributed by atoms with E-state index in [2.05, 4.69) is 5.32 Å².